The maximum Gasteiger partial charge on any atom is 0.0673 e. The number of alkyl halides is 1. The molecule has 0 aromatic carbocycles. The Morgan fingerprint density at radius 2 is 1.59 bits per heavy atom. The van der Waals surface area contributed by atoms with Crippen LogP contribution in [0.3, 0.4) is 0 Å². The van der Waals surface area contributed by atoms with E-state index in [-0.39, 0.29) is 22.5 Å². The molecule has 22 heavy (non-hydrogen) atoms. The van der Waals surface area contributed by atoms with Gasteiger partial charge in [-0.2, -0.15) is 0 Å². The zero-order valence-corrected chi connectivity index (χ0v) is 15.6. The average Bonchev–Trinajstić information content (AvgIpc) is 2.72. The molecule has 0 aromatic rings. The first kappa shape index (κ1) is 15.9. The molecule has 126 valence electrons. The van der Waals surface area contributed by atoms with Crippen LogP contribution in [0.25, 0.3) is 0 Å². The van der Waals surface area contributed by atoms with Gasteiger partial charge in [0.25, 0.3) is 0 Å². The van der Waals surface area contributed by atoms with Crippen molar-refractivity contribution in [3.63, 3.8) is 0 Å². The van der Waals surface area contributed by atoms with E-state index in [0.717, 1.165) is 37.0 Å². The summed E-state index contributed by atoms with van der Waals surface area (Å²) in [6.45, 7) is 4.95. The third-order valence-electron chi connectivity index (χ3n) is 8.54. The van der Waals surface area contributed by atoms with E-state index in [0.29, 0.717) is 11.3 Å². The van der Waals surface area contributed by atoms with Gasteiger partial charge in [0.1, 0.15) is 0 Å². The highest BCUT2D eigenvalue weighted by Crippen LogP contribution is 2.67. The fraction of sp³-hybridized carbons (Fsp3) is 1.00. The summed E-state index contributed by atoms with van der Waals surface area (Å²) in [5, 5.41) is 20.5. The zero-order valence-electron chi connectivity index (χ0n) is 14.0. The van der Waals surface area contributed by atoms with Gasteiger partial charge < -0.3 is 10.2 Å². The van der Waals surface area contributed by atoms with E-state index in [1.54, 1.807) is 0 Å². The minimum absolute atomic E-state index is 0.0521. The van der Waals surface area contributed by atoms with E-state index < -0.39 is 0 Å². The van der Waals surface area contributed by atoms with Gasteiger partial charge in [-0.15, -0.1) is 0 Å². The molecule has 3 heteroatoms. The molecule has 2 N–H and O–H groups in total. The highest BCUT2D eigenvalue weighted by atomic mass is 79.9. The number of halogens is 1. The Bertz CT molecular complexity index is 455. The lowest BCUT2D eigenvalue weighted by molar-refractivity contribution is -0.120. The van der Waals surface area contributed by atoms with Crippen molar-refractivity contribution in [2.45, 2.75) is 82.2 Å². The highest BCUT2D eigenvalue weighted by molar-refractivity contribution is 9.09. The smallest absolute Gasteiger partial charge is 0.0673 e. The zero-order chi connectivity index (χ0) is 15.7. The van der Waals surface area contributed by atoms with Gasteiger partial charge in [0.2, 0.25) is 0 Å². The summed E-state index contributed by atoms with van der Waals surface area (Å²) in [7, 11) is 0. The summed E-state index contributed by atoms with van der Waals surface area (Å²) in [5.74, 6) is 3.04. The van der Waals surface area contributed by atoms with Gasteiger partial charge in [-0.3, -0.25) is 0 Å². The Morgan fingerprint density at radius 1 is 0.864 bits per heavy atom. The first-order valence-electron chi connectivity index (χ1n) is 9.36. The molecule has 4 aliphatic rings. The second kappa shape index (κ2) is 5.20. The number of rotatable bonds is 0. The van der Waals surface area contributed by atoms with Crippen LogP contribution >= 0.6 is 15.9 Å². The molecule has 0 radical (unpaired) electrons. The largest absolute Gasteiger partial charge is 0.393 e. The number of fused-ring (bicyclic) bond motifs is 5. The molecule has 4 rings (SSSR count). The molecule has 4 saturated carbocycles. The van der Waals surface area contributed by atoms with Crippen LogP contribution in [0.2, 0.25) is 0 Å². The third-order valence-corrected chi connectivity index (χ3v) is 10.2. The second-order valence-corrected chi connectivity index (χ2v) is 10.3. The van der Waals surface area contributed by atoms with Crippen LogP contribution in [0.4, 0.5) is 0 Å². The lowest BCUT2D eigenvalue weighted by Crippen LogP contribution is -2.54. The quantitative estimate of drug-likeness (QED) is 0.629. The molecule has 4 aliphatic carbocycles. The van der Waals surface area contributed by atoms with Crippen molar-refractivity contribution in [3.8, 4) is 0 Å². The van der Waals surface area contributed by atoms with Crippen molar-refractivity contribution in [1.82, 2.24) is 0 Å². The molecule has 9 atom stereocenters. The van der Waals surface area contributed by atoms with Gasteiger partial charge in [-0.25, -0.2) is 0 Å². The first-order valence-corrected chi connectivity index (χ1v) is 10.3. The van der Waals surface area contributed by atoms with Crippen LogP contribution in [0.15, 0.2) is 0 Å². The van der Waals surface area contributed by atoms with Crippen LogP contribution in [0.1, 0.15) is 65.2 Å². The molecule has 5 unspecified atom stereocenters. The summed E-state index contributed by atoms with van der Waals surface area (Å²) < 4.78 is 0. The lowest BCUT2D eigenvalue weighted by Gasteiger charge is -2.60. The predicted molar refractivity (Wildman–Crippen MR) is 91.8 cm³/mol. The standard InChI is InChI=1S/C19H31BrO2/c1-18-7-5-12(21)9-11(18)3-4-13-14(18)6-8-19(2)15(13)10-16(22)17(19)20/h11-17,21-22H,3-10H2,1-2H3/t11?,12-,13?,14?,15?,16+,17?,18-,19-/m0/s1. The van der Waals surface area contributed by atoms with Crippen LogP contribution in [0, 0.1) is 34.5 Å². The predicted octanol–water partition coefficient (Wildman–Crippen LogP) is 4.12. The van der Waals surface area contributed by atoms with Gasteiger partial charge in [0.15, 0.2) is 0 Å². The Kier molecular flexibility index (Phi) is 3.76. The molecule has 0 heterocycles. The van der Waals surface area contributed by atoms with Crippen molar-refractivity contribution in [2.75, 3.05) is 0 Å². The van der Waals surface area contributed by atoms with Crippen LogP contribution in [-0.4, -0.2) is 27.2 Å². The maximum atomic E-state index is 10.4. The van der Waals surface area contributed by atoms with Crippen molar-refractivity contribution in [2.24, 2.45) is 34.5 Å². The molecular formula is C19H31BrO2. The van der Waals surface area contributed by atoms with E-state index in [1.807, 2.05) is 0 Å². The van der Waals surface area contributed by atoms with Crippen molar-refractivity contribution < 1.29 is 10.2 Å². The summed E-state index contributed by atoms with van der Waals surface area (Å²) >= 11 is 3.83. The normalized spacial score (nSPS) is 61.2. The van der Waals surface area contributed by atoms with Crippen LogP contribution in [-0.2, 0) is 0 Å². The Balaban J connectivity index is 1.63. The molecular weight excluding hydrogens is 340 g/mol. The van der Waals surface area contributed by atoms with E-state index in [9.17, 15) is 10.2 Å². The molecule has 0 spiro atoms. The van der Waals surface area contributed by atoms with Gasteiger partial charge in [0, 0.05) is 4.83 Å². The third kappa shape index (κ3) is 2.04. The SMILES string of the molecule is C[C@]12CC[C@H](O)CC1CCC1C2CC[C@@]2(C)C1C[C@@H](O)C2Br. The average molecular weight is 371 g/mol. The number of aliphatic hydroxyl groups is 2. The van der Waals surface area contributed by atoms with Crippen LogP contribution in [0.5, 0.6) is 0 Å². The fourth-order valence-corrected chi connectivity index (χ4v) is 7.97. The van der Waals surface area contributed by atoms with Gasteiger partial charge >= 0.3 is 0 Å². The van der Waals surface area contributed by atoms with Gasteiger partial charge in [0.05, 0.1) is 12.2 Å². The molecule has 0 bridgehead atoms. The Hall–Kier alpha value is 0.400. The summed E-state index contributed by atoms with van der Waals surface area (Å²) in [5.41, 5.74) is 0.733. The van der Waals surface area contributed by atoms with E-state index in [2.05, 4.69) is 29.8 Å². The minimum atomic E-state index is -0.160. The molecule has 0 aromatic heterocycles. The van der Waals surface area contributed by atoms with E-state index >= 15 is 0 Å². The molecule has 0 saturated heterocycles. The fourth-order valence-electron chi connectivity index (χ4n) is 7.19. The lowest BCUT2D eigenvalue weighted by atomic mass is 9.45. The van der Waals surface area contributed by atoms with Crippen LogP contribution < -0.4 is 0 Å². The van der Waals surface area contributed by atoms with Gasteiger partial charge in [-0.05, 0) is 85.9 Å². The molecule has 0 aliphatic heterocycles. The summed E-state index contributed by atoms with van der Waals surface area (Å²) in [4.78, 5) is 0.282. The number of hydrogen-bond acceptors (Lipinski definition) is 2. The number of aliphatic hydroxyl groups excluding tert-OH is 2. The highest BCUT2D eigenvalue weighted by Gasteiger charge is 2.61. The molecule has 2 nitrogen and oxygen atoms in total. The molecule has 0 amide bonds. The summed E-state index contributed by atoms with van der Waals surface area (Å²) in [6.07, 6.45) is 9.24. The van der Waals surface area contributed by atoms with Crippen molar-refractivity contribution in [1.29, 1.82) is 0 Å². The maximum absolute atomic E-state index is 10.4. The monoisotopic (exact) mass is 370 g/mol. The summed E-state index contributed by atoms with van der Waals surface area (Å²) in [6, 6.07) is 0. The second-order valence-electron chi connectivity index (χ2n) is 9.33. The van der Waals surface area contributed by atoms with Gasteiger partial charge in [-0.1, -0.05) is 29.8 Å². The first-order chi connectivity index (χ1) is 10.4. The Labute approximate surface area is 143 Å². The minimum Gasteiger partial charge on any atom is -0.393 e. The number of hydrogen-bond donors (Lipinski definition) is 2. The molecule has 4 fully saturated rings. The van der Waals surface area contributed by atoms with Crippen molar-refractivity contribution in [3.05, 3.63) is 0 Å². The van der Waals surface area contributed by atoms with E-state index in [4.69, 9.17) is 0 Å². The van der Waals surface area contributed by atoms with Crippen molar-refractivity contribution >= 4 is 15.9 Å². The Morgan fingerprint density at radius 3 is 2.36 bits per heavy atom. The van der Waals surface area contributed by atoms with E-state index in [1.165, 1.54) is 32.1 Å². The topological polar surface area (TPSA) is 40.5 Å².